The first-order chi connectivity index (χ1) is 21.3. The summed E-state index contributed by atoms with van der Waals surface area (Å²) in [4.78, 5) is 46.8. The smallest absolute Gasteiger partial charge is 0.333 e. The minimum absolute atomic E-state index is 0.0448. The van der Waals surface area contributed by atoms with Gasteiger partial charge in [-0.3, -0.25) is 0 Å². The minimum atomic E-state index is -0.501. The van der Waals surface area contributed by atoms with Gasteiger partial charge in [-0.1, -0.05) is 26.3 Å². The molecule has 0 spiro atoms. The van der Waals surface area contributed by atoms with Gasteiger partial charge in [0.15, 0.2) is 0 Å². The van der Waals surface area contributed by atoms with E-state index in [4.69, 9.17) is 37.9 Å². The van der Waals surface area contributed by atoms with Crippen LogP contribution in [0.5, 0.6) is 0 Å². The van der Waals surface area contributed by atoms with Crippen LogP contribution in [0.15, 0.2) is 48.6 Å². The molecule has 45 heavy (non-hydrogen) atoms. The average molecular weight is 641 g/mol. The van der Waals surface area contributed by atoms with E-state index in [-0.39, 0.29) is 65.1 Å². The van der Waals surface area contributed by atoms with Crippen LogP contribution in [0.3, 0.4) is 0 Å². The van der Waals surface area contributed by atoms with Crippen molar-refractivity contribution in [3.05, 3.63) is 48.6 Å². The number of hydrogen-bond donors (Lipinski definition) is 0. The van der Waals surface area contributed by atoms with Gasteiger partial charge in [-0.2, -0.15) is 0 Å². The van der Waals surface area contributed by atoms with E-state index in [1.54, 1.807) is 27.7 Å². The fourth-order valence-electron chi connectivity index (χ4n) is 4.14. The third-order valence-corrected chi connectivity index (χ3v) is 6.58. The first-order valence-corrected chi connectivity index (χ1v) is 14.8. The molecule has 1 saturated heterocycles. The van der Waals surface area contributed by atoms with Gasteiger partial charge in [-0.25, -0.2) is 19.2 Å². The predicted octanol–water partition coefficient (Wildman–Crippen LogP) is 2.10. The fraction of sp³-hybridized carbons (Fsp3) is 0.625. The van der Waals surface area contributed by atoms with Gasteiger partial charge in [0.2, 0.25) is 0 Å². The number of nitrogens with zero attached hydrogens (tertiary/aromatic N) is 1. The molecule has 13 heteroatoms. The molecule has 0 aliphatic carbocycles. The molecule has 0 aromatic rings. The van der Waals surface area contributed by atoms with E-state index in [0.29, 0.717) is 66.2 Å². The number of carbonyl (C=O) groups excluding carboxylic acids is 4. The molecule has 1 heterocycles. The van der Waals surface area contributed by atoms with E-state index in [1.165, 1.54) is 0 Å². The highest BCUT2D eigenvalue weighted by Crippen LogP contribution is 2.25. The summed E-state index contributed by atoms with van der Waals surface area (Å²) < 4.78 is 44.8. The lowest BCUT2D eigenvalue weighted by atomic mass is 10.2. The number of hydrogen-bond acceptors (Lipinski definition) is 12. The molecule has 1 aliphatic rings. The molecule has 2 unspecified atom stereocenters. The van der Waals surface area contributed by atoms with Crippen LogP contribution >= 0.6 is 0 Å². The summed E-state index contributed by atoms with van der Waals surface area (Å²) in [6.07, 6.45) is -0.753. The Balaban J connectivity index is 2.86. The third kappa shape index (κ3) is 16.5. The second-order valence-electron chi connectivity index (χ2n) is 10.9. The zero-order valence-corrected chi connectivity index (χ0v) is 27.2. The molecular weight excluding hydrogens is 590 g/mol. The zero-order valence-electron chi connectivity index (χ0n) is 27.2. The molecule has 0 radical (unpaired) electrons. The molecular formula is C32H50NO12+. The Morgan fingerprint density at radius 3 is 1.07 bits per heavy atom. The van der Waals surface area contributed by atoms with Crippen LogP contribution in [0.1, 0.15) is 27.7 Å². The van der Waals surface area contributed by atoms with Crippen LogP contribution in [0.4, 0.5) is 0 Å². The Labute approximate surface area is 266 Å². The Morgan fingerprint density at radius 2 is 0.778 bits per heavy atom. The summed E-state index contributed by atoms with van der Waals surface area (Å²) >= 11 is 0. The maximum atomic E-state index is 11.8. The Bertz CT molecular complexity index is 971. The van der Waals surface area contributed by atoms with Gasteiger partial charge in [0.25, 0.3) is 0 Å². The molecule has 1 fully saturated rings. The van der Waals surface area contributed by atoms with Crippen LogP contribution in [0.2, 0.25) is 0 Å². The highest BCUT2D eigenvalue weighted by molar-refractivity contribution is 5.88. The summed E-state index contributed by atoms with van der Waals surface area (Å²) in [6.45, 7) is 24.4. The lowest BCUT2D eigenvalue weighted by molar-refractivity contribution is -0.919. The van der Waals surface area contributed by atoms with E-state index in [0.717, 1.165) is 0 Å². The monoisotopic (exact) mass is 640 g/mol. The van der Waals surface area contributed by atoms with Crippen molar-refractivity contribution in [1.82, 2.24) is 0 Å². The summed E-state index contributed by atoms with van der Waals surface area (Å²) in [5, 5.41) is 0. The van der Waals surface area contributed by atoms with Crippen LogP contribution in [0, 0.1) is 0 Å². The number of esters is 4. The first-order valence-electron chi connectivity index (χ1n) is 14.8. The molecule has 2 atom stereocenters. The van der Waals surface area contributed by atoms with Crippen molar-refractivity contribution >= 4 is 23.9 Å². The largest absolute Gasteiger partial charge is 0.460 e. The Hall–Kier alpha value is -3.36. The van der Waals surface area contributed by atoms with Gasteiger partial charge in [0.05, 0.1) is 39.6 Å². The first kappa shape index (κ1) is 39.7. The minimum Gasteiger partial charge on any atom is -0.460 e. The molecule has 0 saturated carbocycles. The molecule has 1 aliphatic heterocycles. The van der Waals surface area contributed by atoms with Crippen molar-refractivity contribution in [3.63, 3.8) is 0 Å². The van der Waals surface area contributed by atoms with E-state index >= 15 is 0 Å². The summed E-state index contributed by atoms with van der Waals surface area (Å²) in [5.41, 5.74) is 1.21. The zero-order chi connectivity index (χ0) is 33.8. The number of ether oxygens (including phenoxy) is 8. The van der Waals surface area contributed by atoms with Gasteiger partial charge < -0.3 is 42.4 Å². The summed E-state index contributed by atoms with van der Waals surface area (Å²) in [6, 6.07) is 0. The normalized spacial score (nSPS) is 16.8. The van der Waals surface area contributed by atoms with Gasteiger partial charge in [-0.15, -0.1) is 0 Å². The quantitative estimate of drug-likeness (QED) is 0.0501. The molecule has 0 aromatic heterocycles. The van der Waals surface area contributed by atoms with Crippen molar-refractivity contribution < 1.29 is 61.6 Å². The van der Waals surface area contributed by atoms with Crippen molar-refractivity contribution in [2.45, 2.75) is 39.9 Å². The Morgan fingerprint density at radius 1 is 0.489 bits per heavy atom. The molecule has 0 N–H and O–H groups in total. The number of quaternary nitrogens is 1. The average Bonchev–Trinajstić information content (AvgIpc) is 3.33. The van der Waals surface area contributed by atoms with E-state index in [9.17, 15) is 19.2 Å². The maximum absolute atomic E-state index is 11.8. The lowest BCUT2D eigenvalue weighted by Crippen LogP contribution is -2.51. The molecule has 254 valence electrons. The van der Waals surface area contributed by atoms with Crippen molar-refractivity contribution in [3.8, 4) is 0 Å². The number of rotatable bonds is 24. The van der Waals surface area contributed by atoms with Gasteiger partial charge >= 0.3 is 23.9 Å². The lowest BCUT2D eigenvalue weighted by Gasteiger charge is -2.34. The van der Waals surface area contributed by atoms with Crippen LogP contribution < -0.4 is 0 Å². The summed E-state index contributed by atoms with van der Waals surface area (Å²) in [7, 11) is 0. The van der Waals surface area contributed by atoms with Crippen LogP contribution in [0.25, 0.3) is 0 Å². The molecule has 13 nitrogen and oxygen atoms in total. The van der Waals surface area contributed by atoms with Crippen LogP contribution in [-0.4, -0.2) is 133 Å². The molecule has 0 amide bonds. The van der Waals surface area contributed by atoms with Crippen molar-refractivity contribution in [2.75, 3.05) is 92.2 Å². The number of carbonyl (C=O) groups is 4. The molecule has 0 bridgehead atoms. The van der Waals surface area contributed by atoms with Gasteiger partial charge in [-0.05, 0) is 27.7 Å². The Kier molecular flexibility index (Phi) is 18.9. The van der Waals surface area contributed by atoms with Gasteiger partial charge in [0, 0.05) is 22.3 Å². The predicted molar refractivity (Wildman–Crippen MR) is 164 cm³/mol. The maximum Gasteiger partial charge on any atom is 0.333 e. The topological polar surface area (TPSA) is 142 Å². The number of likely N-dealkylation sites (tertiary alicyclic amines) is 1. The molecule has 1 rings (SSSR count). The third-order valence-electron chi connectivity index (χ3n) is 6.58. The fourth-order valence-corrected chi connectivity index (χ4v) is 4.14. The highest BCUT2D eigenvalue weighted by Gasteiger charge is 2.46. The van der Waals surface area contributed by atoms with E-state index in [2.05, 4.69) is 26.3 Å². The van der Waals surface area contributed by atoms with Crippen molar-refractivity contribution in [2.24, 2.45) is 0 Å². The SMILES string of the molecule is C=C(C)C(=O)OCCOCC[N+]1(CCOCCOC(=O)C(=C)C)CC(OCCOC(=O)C(=C)C)C(OCCOC(=O)C(=C)C)C1. The summed E-state index contributed by atoms with van der Waals surface area (Å²) in [5.74, 6) is -1.95. The standard InChI is InChI=1S/C32H50NO12/c1-23(2)29(34)42-15-13-38-11-9-33(10-12-39-14-16-43-30(35)24(3)4)21-27(40-17-19-44-31(36)25(5)6)28(22-33)41-18-20-45-32(37)26(7)8/h27-28H,1,3,5,7,9-22H2,2,4,6,8H3/q+1. The second kappa shape index (κ2) is 21.4. The van der Waals surface area contributed by atoms with E-state index in [1.807, 2.05) is 0 Å². The highest BCUT2D eigenvalue weighted by atomic mass is 16.6. The van der Waals surface area contributed by atoms with Gasteiger partial charge in [0.1, 0.15) is 64.8 Å². The molecule has 0 aromatic carbocycles. The van der Waals surface area contributed by atoms with Crippen LogP contribution in [-0.2, 0) is 57.1 Å². The van der Waals surface area contributed by atoms with E-state index < -0.39 is 23.9 Å². The second-order valence-corrected chi connectivity index (χ2v) is 10.9. The van der Waals surface area contributed by atoms with Crippen molar-refractivity contribution in [1.29, 1.82) is 0 Å².